The number of halogens is 2. The molecule has 1 aromatic heterocycles. The van der Waals surface area contributed by atoms with E-state index in [2.05, 4.69) is 25.6 Å². The van der Waals surface area contributed by atoms with Crippen molar-refractivity contribution in [1.82, 2.24) is 25.3 Å². The Morgan fingerprint density at radius 1 is 1.16 bits per heavy atom. The van der Waals surface area contributed by atoms with E-state index >= 15 is 0 Å². The van der Waals surface area contributed by atoms with Gasteiger partial charge < -0.3 is 20.4 Å². The predicted molar refractivity (Wildman–Crippen MR) is 136 cm³/mol. The van der Waals surface area contributed by atoms with Crippen LogP contribution in [0.15, 0.2) is 47.7 Å². The Morgan fingerprint density at radius 2 is 1.90 bits per heavy atom. The summed E-state index contributed by atoms with van der Waals surface area (Å²) in [4.78, 5) is 21.2. The van der Waals surface area contributed by atoms with E-state index in [1.165, 1.54) is 0 Å². The van der Waals surface area contributed by atoms with Crippen molar-refractivity contribution in [1.29, 1.82) is 0 Å². The summed E-state index contributed by atoms with van der Waals surface area (Å²) in [5.41, 5.74) is 1.14. The van der Waals surface area contributed by atoms with Gasteiger partial charge in [-0.15, -0.1) is 24.0 Å². The second-order valence-corrected chi connectivity index (χ2v) is 7.53. The minimum Gasteiger partial charge on any atom is -0.368 e. The number of aryl methyl sites for hydroxylation is 1. The molecule has 1 saturated heterocycles. The number of rotatable bonds is 8. The minimum atomic E-state index is 0. The van der Waals surface area contributed by atoms with Gasteiger partial charge in [-0.3, -0.25) is 9.48 Å². The fourth-order valence-corrected chi connectivity index (χ4v) is 3.46. The molecule has 0 bridgehead atoms. The van der Waals surface area contributed by atoms with Gasteiger partial charge in [0, 0.05) is 68.9 Å². The van der Waals surface area contributed by atoms with E-state index in [9.17, 15) is 4.79 Å². The van der Waals surface area contributed by atoms with Crippen LogP contribution in [0.4, 0.5) is 5.69 Å². The molecule has 0 saturated carbocycles. The predicted octanol–water partition coefficient (Wildman–Crippen LogP) is 2.45. The first-order chi connectivity index (χ1) is 14.7. The Bertz CT molecular complexity index is 806. The number of benzene rings is 1. The molecule has 2 aromatic rings. The van der Waals surface area contributed by atoms with E-state index in [4.69, 9.17) is 11.6 Å². The first kappa shape index (κ1) is 25.3. The molecule has 1 fully saturated rings. The standard InChI is InChI=1S/C21H30ClN7O.HI/c1-2-23-21(24-9-3-11-29-12-4-10-26-29)25-17-20(30)28-15-13-27(14-16-28)19-7-5-18(22)6-8-19;/h4-8,10,12H,2-3,9,11,13-17H2,1H3,(H2,23,24,25);1H. The normalized spacial score (nSPS) is 14.2. The van der Waals surface area contributed by atoms with Crippen molar-refractivity contribution in [2.24, 2.45) is 4.99 Å². The van der Waals surface area contributed by atoms with Crippen LogP contribution in [0.1, 0.15) is 13.3 Å². The molecule has 1 aliphatic heterocycles. The number of aromatic nitrogens is 2. The second kappa shape index (κ2) is 13.4. The van der Waals surface area contributed by atoms with Crippen LogP contribution in [0.5, 0.6) is 0 Å². The van der Waals surface area contributed by atoms with E-state index in [1.54, 1.807) is 6.20 Å². The molecule has 8 nitrogen and oxygen atoms in total. The second-order valence-electron chi connectivity index (χ2n) is 7.09. The largest absolute Gasteiger partial charge is 0.368 e. The average Bonchev–Trinajstić information content (AvgIpc) is 3.29. The maximum Gasteiger partial charge on any atom is 0.244 e. The molecule has 2 heterocycles. The van der Waals surface area contributed by atoms with E-state index < -0.39 is 0 Å². The van der Waals surface area contributed by atoms with Crippen molar-refractivity contribution in [3.63, 3.8) is 0 Å². The summed E-state index contributed by atoms with van der Waals surface area (Å²) >= 11 is 5.96. The van der Waals surface area contributed by atoms with Crippen molar-refractivity contribution < 1.29 is 4.79 Å². The Kier molecular flexibility index (Phi) is 10.9. The van der Waals surface area contributed by atoms with E-state index in [0.29, 0.717) is 19.0 Å². The highest BCUT2D eigenvalue weighted by molar-refractivity contribution is 14.0. The lowest BCUT2D eigenvalue weighted by Gasteiger charge is -2.36. The minimum absolute atomic E-state index is 0. The highest BCUT2D eigenvalue weighted by atomic mass is 127. The zero-order chi connectivity index (χ0) is 21.2. The number of guanidine groups is 1. The molecule has 31 heavy (non-hydrogen) atoms. The zero-order valence-corrected chi connectivity index (χ0v) is 20.9. The quantitative estimate of drug-likeness (QED) is 0.225. The first-order valence-corrected chi connectivity index (χ1v) is 10.8. The number of hydrogen-bond acceptors (Lipinski definition) is 4. The van der Waals surface area contributed by atoms with Gasteiger partial charge in [0.1, 0.15) is 6.54 Å². The Morgan fingerprint density at radius 3 is 2.55 bits per heavy atom. The molecule has 0 radical (unpaired) electrons. The summed E-state index contributed by atoms with van der Waals surface area (Å²) in [5, 5.41) is 11.4. The van der Waals surface area contributed by atoms with Crippen LogP contribution in [-0.4, -0.2) is 72.4 Å². The Hall–Kier alpha value is -2.01. The summed E-state index contributed by atoms with van der Waals surface area (Å²) in [5.74, 6) is 0.727. The number of anilines is 1. The number of nitrogens with one attached hydrogen (secondary N) is 2. The van der Waals surface area contributed by atoms with E-state index in [1.807, 2.05) is 53.0 Å². The van der Waals surface area contributed by atoms with Crippen molar-refractivity contribution in [2.45, 2.75) is 19.9 Å². The monoisotopic (exact) mass is 559 g/mol. The number of carbonyl (C=O) groups is 1. The van der Waals surface area contributed by atoms with Gasteiger partial charge in [-0.25, -0.2) is 4.99 Å². The molecule has 2 N–H and O–H groups in total. The topological polar surface area (TPSA) is 77.8 Å². The summed E-state index contributed by atoms with van der Waals surface area (Å²) in [6, 6.07) is 9.75. The molecule has 3 rings (SSSR count). The van der Waals surface area contributed by atoms with Crippen LogP contribution in [0.3, 0.4) is 0 Å². The summed E-state index contributed by atoms with van der Waals surface area (Å²) in [7, 11) is 0. The molecule has 1 aliphatic rings. The number of piperazine rings is 1. The zero-order valence-electron chi connectivity index (χ0n) is 17.8. The van der Waals surface area contributed by atoms with Crippen LogP contribution in [0.25, 0.3) is 0 Å². The molecular formula is C21H31ClIN7O. The molecule has 0 aliphatic carbocycles. The lowest BCUT2D eigenvalue weighted by molar-refractivity contribution is -0.129. The number of aliphatic imine (C=N–C) groups is 1. The lowest BCUT2D eigenvalue weighted by atomic mass is 10.2. The van der Waals surface area contributed by atoms with Gasteiger partial charge in [-0.1, -0.05) is 11.6 Å². The Balaban J connectivity index is 0.00000341. The highest BCUT2D eigenvalue weighted by Crippen LogP contribution is 2.19. The molecule has 1 aromatic carbocycles. The number of amides is 1. The molecule has 0 unspecified atom stereocenters. The maximum atomic E-state index is 12.6. The van der Waals surface area contributed by atoms with Crippen LogP contribution in [0.2, 0.25) is 5.02 Å². The molecular weight excluding hydrogens is 529 g/mol. The van der Waals surface area contributed by atoms with Crippen molar-refractivity contribution in [2.75, 3.05) is 50.7 Å². The SMILES string of the molecule is CCNC(=NCC(=O)N1CCN(c2ccc(Cl)cc2)CC1)NCCCn1cccn1.I. The van der Waals surface area contributed by atoms with Crippen molar-refractivity contribution in [3.05, 3.63) is 47.7 Å². The average molecular weight is 560 g/mol. The van der Waals surface area contributed by atoms with E-state index in [0.717, 1.165) is 49.9 Å². The van der Waals surface area contributed by atoms with Crippen LogP contribution in [-0.2, 0) is 11.3 Å². The lowest BCUT2D eigenvalue weighted by Crippen LogP contribution is -2.49. The maximum absolute atomic E-state index is 12.6. The van der Waals surface area contributed by atoms with Crippen LogP contribution >= 0.6 is 35.6 Å². The van der Waals surface area contributed by atoms with Crippen molar-refractivity contribution in [3.8, 4) is 0 Å². The Labute approximate surface area is 206 Å². The van der Waals surface area contributed by atoms with Gasteiger partial charge in [-0.05, 0) is 43.7 Å². The smallest absolute Gasteiger partial charge is 0.244 e. The first-order valence-electron chi connectivity index (χ1n) is 10.4. The molecule has 0 atom stereocenters. The van der Waals surface area contributed by atoms with Gasteiger partial charge >= 0.3 is 0 Å². The van der Waals surface area contributed by atoms with Crippen LogP contribution < -0.4 is 15.5 Å². The van der Waals surface area contributed by atoms with Crippen LogP contribution in [0, 0.1) is 0 Å². The van der Waals surface area contributed by atoms with Gasteiger partial charge in [0.15, 0.2) is 5.96 Å². The number of hydrogen-bond donors (Lipinski definition) is 2. The molecule has 1 amide bonds. The third kappa shape index (κ3) is 8.21. The number of nitrogens with zero attached hydrogens (tertiary/aromatic N) is 5. The fraction of sp³-hybridized carbons (Fsp3) is 0.476. The highest BCUT2D eigenvalue weighted by Gasteiger charge is 2.21. The van der Waals surface area contributed by atoms with Crippen molar-refractivity contribution >= 4 is 53.1 Å². The van der Waals surface area contributed by atoms with Gasteiger partial charge in [-0.2, -0.15) is 5.10 Å². The van der Waals surface area contributed by atoms with Gasteiger partial charge in [0.05, 0.1) is 0 Å². The third-order valence-electron chi connectivity index (χ3n) is 4.96. The summed E-state index contributed by atoms with van der Waals surface area (Å²) in [6.07, 6.45) is 4.65. The third-order valence-corrected chi connectivity index (χ3v) is 5.21. The van der Waals surface area contributed by atoms with E-state index in [-0.39, 0.29) is 36.4 Å². The fourth-order valence-electron chi connectivity index (χ4n) is 3.33. The molecule has 10 heteroatoms. The molecule has 0 spiro atoms. The van der Waals surface area contributed by atoms with Gasteiger partial charge in [0.2, 0.25) is 5.91 Å². The van der Waals surface area contributed by atoms with Gasteiger partial charge in [0.25, 0.3) is 0 Å². The summed E-state index contributed by atoms with van der Waals surface area (Å²) < 4.78 is 1.90. The number of carbonyl (C=O) groups excluding carboxylic acids is 1. The molecule has 170 valence electrons. The summed E-state index contributed by atoms with van der Waals surface area (Å²) in [6.45, 7) is 7.53.